The largest absolute Gasteiger partial charge is 0.269 e. The summed E-state index contributed by atoms with van der Waals surface area (Å²) in [6.07, 6.45) is 0. The van der Waals surface area contributed by atoms with Gasteiger partial charge >= 0.3 is 0 Å². The molecule has 0 saturated carbocycles. The quantitative estimate of drug-likeness (QED) is 0.669. The maximum Gasteiger partial charge on any atom is 0.0625 e. The fourth-order valence-corrected chi connectivity index (χ4v) is 1.29. The molecule has 0 spiro atoms. The molecule has 0 amide bonds. The van der Waals surface area contributed by atoms with Gasteiger partial charge in [0, 0.05) is 11.4 Å². The van der Waals surface area contributed by atoms with Crippen LogP contribution < -0.4 is 0 Å². The first-order valence-electron chi connectivity index (χ1n) is 3.78. The second kappa shape index (κ2) is 3.30. The summed E-state index contributed by atoms with van der Waals surface area (Å²) in [5.74, 6) is 0.849. The minimum absolute atomic E-state index is 0.849. The molecule has 0 aromatic carbocycles. The van der Waals surface area contributed by atoms with Gasteiger partial charge in [0.15, 0.2) is 0 Å². The van der Waals surface area contributed by atoms with Crippen LogP contribution in [0.5, 0.6) is 0 Å². The summed E-state index contributed by atoms with van der Waals surface area (Å²) in [4.78, 5) is 0. The van der Waals surface area contributed by atoms with Gasteiger partial charge in [-0.15, -0.1) is 0 Å². The zero-order valence-corrected chi connectivity index (χ0v) is 8.15. The van der Waals surface area contributed by atoms with Gasteiger partial charge in [-0.3, -0.25) is 4.68 Å². The molecular weight excluding hydrogens is 156 g/mol. The second-order valence-corrected chi connectivity index (χ2v) is 3.19. The maximum absolute atomic E-state index is 4.37. The Bertz CT molecular complexity index is 253. The maximum atomic E-state index is 4.37. The van der Waals surface area contributed by atoms with E-state index in [1.807, 2.05) is 11.6 Å². The number of hydrogen-bond acceptors (Lipinski definition) is 2. The predicted octanol–water partition coefficient (Wildman–Crippen LogP) is 1.74. The summed E-state index contributed by atoms with van der Waals surface area (Å²) >= 11 is 4.16. The van der Waals surface area contributed by atoms with Crippen molar-refractivity contribution in [2.75, 3.05) is 5.75 Å². The SMILES string of the molecule is Cc1nn(CCS)c(C)c1C. The lowest BCUT2D eigenvalue weighted by molar-refractivity contribution is 0.641. The number of rotatable bonds is 2. The third-order valence-electron chi connectivity index (χ3n) is 2.06. The lowest BCUT2D eigenvalue weighted by atomic mass is 10.2. The lowest BCUT2D eigenvalue weighted by Crippen LogP contribution is -2.03. The van der Waals surface area contributed by atoms with Gasteiger partial charge in [-0.1, -0.05) is 0 Å². The molecule has 11 heavy (non-hydrogen) atoms. The molecule has 3 heteroatoms. The van der Waals surface area contributed by atoms with E-state index in [2.05, 4.69) is 31.6 Å². The monoisotopic (exact) mass is 170 g/mol. The zero-order chi connectivity index (χ0) is 8.43. The Morgan fingerprint density at radius 3 is 2.36 bits per heavy atom. The summed E-state index contributed by atoms with van der Waals surface area (Å²) in [6, 6.07) is 0. The van der Waals surface area contributed by atoms with E-state index in [-0.39, 0.29) is 0 Å². The van der Waals surface area contributed by atoms with Gasteiger partial charge in [0.1, 0.15) is 0 Å². The van der Waals surface area contributed by atoms with E-state index >= 15 is 0 Å². The van der Waals surface area contributed by atoms with Gasteiger partial charge in [0.2, 0.25) is 0 Å². The van der Waals surface area contributed by atoms with Crippen LogP contribution in [0, 0.1) is 20.8 Å². The first kappa shape index (κ1) is 8.65. The van der Waals surface area contributed by atoms with Crippen LogP contribution in [0.1, 0.15) is 17.0 Å². The van der Waals surface area contributed by atoms with Gasteiger partial charge in [-0.05, 0) is 26.3 Å². The summed E-state index contributed by atoms with van der Waals surface area (Å²) < 4.78 is 2.01. The van der Waals surface area contributed by atoms with Gasteiger partial charge in [-0.2, -0.15) is 17.7 Å². The third kappa shape index (κ3) is 1.59. The van der Waals surface area contributed by atoms with Crippen LogP contribution in [0.15, 0.2) is 0 Å². The number of aromatic nitrogens is 2. The van der Waals surface area contributed by atoms with Crippen molar-refractivity contribution in [1.82, 2.24) is 9.78 Å². The van der Waals surface area contributed by atoms with E-state index in [1.54, 1.807) is 0 Å². The van der Waals surface area contributed by atoms with E-state index in [4.69, 9.17) is 0 Å². The van der Waals surface area contributed by atoms with Gasteiger partial charge < -0.3 is 0 Å². The molecule has 0 unspecified atom stereocenters. The van der Waals surface area contributed by atoms with Crippen molar-refractivity contribution in [3.8, 4) is 0 Å². The van der Waals surface area contributed by atoms with Crippen molar-refractivity contribution in [1.29, 1.82) is 0 Å². The van der Waals surface area contributed by atoms with Crippen molar-refractivity contribution in [3.63, 3.8) is 0 Å². The number of hydrogen-bond donors (Lipinski definition) is 1. The summed E-state index contributed by atoms with van der Waals surface area (Å²) in [7, 11) is 0. The molecule has 0 bridgehead atoms. The number of nitrogens with zero attached hydrogens (tertiary/aromatic N) is 2. The lowest BCUT2D eigenvalue weighted by Gasteiger charge is -1.99. The fraction of sp³-hybridized carbons (Fsp3) is 0.625. The van der Waals surface area contributed by atoms with Gasteiger partial charge in [0.25, 0.3) is 0 Å². The van der Waals surface area contributed by atoms with Gasteiger partial charge in [-0.25, -0.2) is 0 Å². The van der Waals surface area contributed by atoms with E-state index in [0.717, 1.165) is 18.0 Å². The van der Waals surface area contributed by atoms with E-state index < -0.39 is 0 Å². The Morgan fingerprint density at radius 2 is 2.00 bits per heavy atom. The average Bonchev–Trinajstić information content (AvgIpc) is 2.19. The Kier molecular flexibility index (Phi) is 2.60. The van der Waals surface area contributed by atoms with Gasteiger partial charge in [0.05, 0.1) is 12.2 Å². The first-order valence-corrected chi connectivity index (χ1v) is 4.41. The summed E-state index contributed by atoms with van der Waals surface area (Å²) in [5, 5.41) is 4.37. The minimum Gasteiger partial charge on any atom is -0.269 e. The molecule has 1 heterocycles. The van der Waals surface area contributed by atoms with Crippen LogP contribution in [0.3, 0.4) is 0 Å². The highest BCUT2D eigenvalue weighted by Crippen LogP contribution is 2.10. The van der Waals surface area contributed by atoms with Crippen molar-refractivity contribution in [2.24, 2.45) is 0 Å². The standard InChI is InChI=1S/C8H14N2S/c1-6-7(2)9-10(4-5-11)8(6)3/h11H,4-5H2,1-3H3. The molecule has 1 rings (SSSR count). The molecule has 0 aliphatic rings. The van der Waals surface area contributed by atoms with E-state index in [0.29, 0.717) is 0 Å². The van der Waals surface area contributed by atoms with Crippen LogP contribution in [0.25, 0.3) is 0 Å². The molecule has 0 fully saturated rings. The fourth-order valence-electron chi connectivity index (χ4n) is 1.10. The number of thiol groups is 1. The second-order valence-electron chi connectivity index (χ2n) is 2.74. The molecule has 1 aromatic heterocycles. The first-order chi connectivity index (χ1) is 5.16. The summed E-state index contributed by atoms with van der Waals surface area (Å²) in [5.41, 5.74) is 3.69. The average molecular weight is 170 g/mol. The van der Waals surface area contributed by atoms with Crippen LogP contribution in [-0.2, 0) is 6.54 Å². The molecule has 0 atom stereocenters. The molecule has 0 radical (unpaired) electrons. The van der Waals surface area contributed by atoms with Crippen LogP contribution in [0.2, 0.25) is 0 Å². The molecule has 0 saturated heterocycles. The number of aryl methyl sites for hydroxylation is 2. The normalized spacial score (nSPS) is 10.5. The zero-order valence-electron chi connectivity index (χ0n) is 7.26. The van der Waals surface area contributed by atoms with E-state index in [1.165, 1.54) is 11.3 Å². The topological polar surface area (TPSA) is 17.8 Å². The minimum atomic E-state index is 0.849. The van der Waals surface area contributed by atoms with Crippen molar-refractivity contribution in [3.05, 3.63) is 17.0 Å². The predicted molar refractivity (Wildman–Crippen MR) is 50.3 cm³/mol. The Balaban J connectivity index is 2.98. The highest BCUT2D eigenvalue weighted by molar-refractivity contribution is 7.80. The highest BCUT2D eigenvalue weighted by atomic mass is 32.1. The molecule has 0 N–H and O–H groups in total. The van der Waals surface area contributed by atoms with E-state index in [9.17, 15) is 0 Å². The third-order valence-corrected chi connectivity index (χ3v) is 2.26. The molecule has 62 valence electrons. The van der Waals surface area contributed by atoms with Crippen molar-refractivity contribution < 1.29 is 0 Å². The molecule has 1 aromatic rings. The Labute approximate surface area is 73.0 Å². The highest BCUT2D eigenvalue weighted by Gasteiger charge is 2.04. The molecular formula is C8H14N2S. The van der Waals surface area contributed by atoms with Crippen molar-refractivity contribution in [2.45, 2.75) is 27.3 Å². The summed E-state index contributed by atoms with van der Waals surface area (Å²) in [6.45, 7) is 7.15. The molecule has 0 aliphatic heterocycles. The Morgan fingerprint density at radius 1 is 1.36 bits per heavy atom. The molecule has 0 aliphatic carbocycles. The van der Waals surface area contributed by atoms with Crippen LogP contribution in [-0.4, -0.2) is 15.5 Å². The van der Waals surface area contributed by atoms with Crippen molar-refractivity contribution >= 4 is 12.6 Å². The smallest absolute Gasteiger partial charge is 0.0625 e. The molecule has 2 nitrogen and oxygen atoms in total. The Hall–Kier alpha value is -0.440. The van der Waals surface area contributed by atoms with Crippen LogP contribution in [0.4, 0.5) is 0 Å². The van der Waals surface area contributed by atoms with Crippen LogP contribution >= 0.6 is 12.6 Å².